The van der Waals surface area contributed by atoms with Gasteiger partial charge in [0.2, 0.25) is 0 Å². The van der Waals surface area contributed by atoms with Crippen LogP contribution in [0.1, 0.15) is 51.2 Å². The Kier molecular flexibility index (Phi) is 4.76. The second-order valence-corrected chi connectivity index (χ2v) is 6.16. The summed E-state index contributed by atoms with van der Waals surface area (Å²) in [5.74, 6) is -1.29. The van der Waals surface area contributed by atoms with Gasteiger partial charge in [-0.2, -0.15) is 0 Å². The lowest BCUT2D eigenvalue weighted by molar-refractivity contribution is -0.0103. The third kappa shape index (κ3) is 3.36. The van der Waals surface area contributed by atoms with Crippen LogP contribution >= 0.6 is 0 Å². The third-order valence-corrected chi connectivity index (χ3v) is 4.29. The van der Waals surface area contributed by atoms with Crippen molar-refractivity contribution in [3.8, 4) is 0 Å². The van der Waals surface area contributed by atoms with Crippen LogP contribution in [0.25, 0.3) is 0 Å². The van der Waals surface area contributed by atoms with Gasteiger partial charge in [-0.3, -0.25) is 4.90 Å². The van der Waals surface area contributed by atoms with Crippen molar-refractivity contribution in [1.82, 2.24) is 4.90 Å². The number of hydrogen-bond donors (Lipinski definition) is 1. The summed E-state index contributed by atoms with van der Waals surface area (Å²) < 4.78 is 26.6. The fraction of sp³-hybridized carbons (Fsp3) is 0.625. The first-order chi connectivity index (χ1) is 9.41. The van der Waals surface area contributed by atoms with Gasteiger partial charge in [-0.15, -0.1) is 0 Å². The van der Waals surface area contributed by atoms with Gasteiger partial charge in [-0.05, 0) is 57.5 Å². The van der Waals surface area contributed by atoms with Gasteiger partial charge in [0.1, 0.15) is 11.6 Å². The molecule has 1 aliphatic rings. The molecule has 0 saturated carbocycles. The number of rotatable bonds is 3. The second kappa shape index (κ2) is 6.19. The molecule has 4 heteroatoms. The number of halogens is 2. The van der Waals surface area contributed by atoms with Crippen LogP contribution in [0.5, 0.6) is 0 Å². The average molecular weight is 283 g/mol. The van der Waals surface area contributed by atoms with Crippen molar-refractivity contribution in [3.63, 3.8) is 0 Å². The highest BCUT2D eigenvalue weighted by Crippen LogP contribution is 2.33. The van der Waals surface area contributed by atoms with E-state index in [4.69, 9.17) is 0 Å². The minimum absolute atomic E-state index is 0.303. The predicted molar refractivity (Wildman–Crippen MR) is 75.4 cm³/mol. The van der Waals surface area contributed by atoms with Gasteiger partial charge >= 0.3 is 0 Å². The largest absolute Gasteiger partial charge is 0.386 e. The molecule has 1 aromatic rings. The molecule has 1 aromatic carbocycles. The van der Waals surface area contributed by atoms with Gasteiger partial charge in [0, 0.05) is 11.6 Å². The van der Waals surface area contributed by atoms with E-state index in [1.54, 1.807) is 0 Å². The molecule has 112 valence electrons. The number of hydrogen-bond acceptors (Lipinski definition) is 2. The highest BCUT2D eigenvalue weighted by Gasteiger charge is 2.35. The Morgan fingerprint density at radius 3 is 2.00 bits per heavy atom. The molecular formula is C16H23F2NO. The van der Waals surface area contributed by atoms with Crippen molar-refractivity contribution in [2.75, 3.05) is 13.1 Å². The van der Waals surface area contributed by atoms with Gasteiger partial charge in [0.15, 0.2) is 0 Å². The van der Waals surface area contributed by atoms with Crippen LogP contribution in [0.4, 0.5) is 8.78 Å². The maximum absolute atomic E-state index is 13.3. The lowest BCUT2D eigenvalue weighted by atomic mass is 9.89. The molecular weight excluding hydrogens is 260 g/mol. The highest BCUT2D eigenvalue weighted by molar-refractivity contribution is 5.23. The molecule has 0 spiro atoms. The van der Waals surface area contributed by atoms with E-state index in [2.05, 4.69) is 4.90 Å². The molecule has 1 N–H and O–H groups in total. The Bertz CT molecular complexity index is 434. The van der Waals surface area contributed by atoms with Gasteiger partial charge in [-0.1, -0.05) is 12.8 Å². The Balaban J connectivity index is 2.22. The normalized spacial score (nSPS) is 19.6. The Labute approximate surface area is 119 Å². The van der Waals surface area contributed by atoms with Crippen LogP contribution in [0, 0.1) is 11.6 Å². The van der Waals surface area contributed by atoms with Crippen LogP contribution in [0.2, 0.25) is 0 Å². The van der Waals surface area contributed by atoms with Crippen LogP contribution in [0.3, 0.4) is 0 Å². The SMILES string of the molecule is CC(C)(C(O)c1cc(F)cc(F)c1)N1CCCCCC1. The quantitative estimate of drug-likeness (QED) is 0.915. The van der Waals surface area contributed by atoms with Crippen LogP contribution in [0.15, 0.2) is 18.2 Å². The second-order valence-electron chi connectivity index (χ2n) is 6.16. The van der Waals surface area contributed by atoms with Gasteiger partial charge in [-0.25, -0.2) is 8.78 Å². The zero-order valence-corrected chi connectivity index (χ0v) is 12.2. The van der Waals surface area contributed by atoms with E-state index in [1.165, 1.54) is 25.0 Å². The molecule has 0 bridgehead atoms. The molecule has 20 heavy (non-hydrogen) atoms. The zero-order chi connectivity index (χ0) is 14.8. The summed E-state index contributed by atoms with van der Waals surface area (Å²) in [5.41, 5.74) is -0.235. The average Bonchev–Trinajstić information content (AvgIpc) is 2.65. The van der Waals surface area contributed by atoms with Gasteiger partial charge < -0.3 is 5.11 Å². The van der Waals surface area contributed by atoms with E-state index < -0.39 is 23.3 Å². The van der Waals surface area contributed by atoms with E-state index >= 15 is 0 Å². The smallest absolute Gasteiger partial charge is 0.126 e. The minimum atomic E-state index is -0.911. The van der Waals surface area contributed by atoms with Crippen LogP contribution in [-0.4, -0.2) is 28.6 Å². The first-order valence-corrected chi connectivity index (χ1v) is 7.30. The summed E-state index contributed by atoms with van der Waals surface area (Å²) in [5, 5.41) is 10.6. The monoisotopic (exact) mass is 283 g/mol. The molecule has 2 rings (SSSR count). The number of nitrogens with zero attached hydrogens (tertiary/aromatic N) is 1. The molecule has 1 unspecified atom stereocenters. The van der Waals surface area contributed by atoms with E-state index in [0.29, 0.717) is 5.56 Å². The summed E-state index contributed by atoms with van der Waals surface area (Å²) in [7, 11) is 0. The lowest BCUT2D eigenvalue weighted by Gasteiger charge is -2.41. The van der Waals surface area contributed by atoms with E-state index in [1.807, 2.05) is 13.8 Å². The maximum Gasteiger partial charge on any atom is 0.126 e. The molecule has 0 amide bonds. The van der Waals surface area contributed by atoms with Gasteiger partial charge in [0.25, 0.3) is 0 Å². The molecule has 1 fully saturated rings. The standard InChI is InChI=1S/C16H23F2NO/c1-16(2,19-7-5-3-4-6-8-19)15(20)12-9-13(17)11-14(18)10-12/h9-11,15,20H,3-8H2,1-2H3. The molecule has 0 radical (unpaired) electrons. The van der Waals surface area contributed by atoms with Crippen LogP contribution < -0.4 is 0 Å². The number of aliphatic hydroxyl groups excluding tert-OH is 1. The van der Waals surface area contributed by atoms with E-state index in [9.17, 15) is 13.9 Å². The molecule has 1 atom stereocenters. The Morgan fingerprint density at radius 1 is 1.00 bits per heavy atom. The van der Waals surface area contributed by atoms with Crippen LogP contribution in [-0.2, 0) is 0 Å². The topological polar surface area (TPSA) is 23.5 Å². The first kappa shape index (κ1) is 15.4. The molecule has 1 saturated heterocycles. The Morgan fingerprint density at radius 2 is 1.50 bits per heavy atom. The summed E-state index contributed by atoms with van der Waals surface area (Å²) in [6.07, 6.45) is 3.71. The van der Waals surface area contributed by atoms with Crippen molar-refractivity contribution in [2.24, 2.45) is 0 Å². The number of aliphatic hydroxyl groups is 1. The summed E-state index contributed by atoms with van der Waals surface area (Å²) in [4.78, 5) is 2.23. The van der Waals surface area contributed by atoms with Crippen molar-refractivity contribution in [2.45, 2.75) is 51.2 Å². The maximum atomic E-state index is 13.3. The van der Waals surface area contributed by atoms with Crippen molar-refractivity contribution < 1.29 is 13.9 Å². The zero-order valence-electron chi connectivity index (χ0n) is 12.2. The van der Waals surface area contributed by atoms with Gasteiger partial charge in [0.05, 0.1) is 6.10 Å². The predicted octanol–water partition coefficient (Wildman–Crippen LogP) is 3.65. The minimum Gasteiger partial charge on any atom is -0.386 e. The van der Waals surface area contributed by atoms with E-state index in [-0.39, 0.29) is 0 Å². The van der Waals surface area contributed by atoms with Crippen molar-refractivity contribution in [1.29, 1.82) is 0 Å². The summed E-state index contributed by atoms with van der Waals surface area (Å²) >= 11 is 0. The fourth-order valence-corrected chi connectivity index (χ4v) is 2.96. The van der Waals surface area contributed by atoms with Crippen molar-refractivity contribution in [3.05, 3.63) is 35.4 Å². The fourth-order valence-electron chi connectivity index (χ4n) is 2.96. The number of likely N-dealkylation sites (tertiary alicyclic amines) is 1. The third-order valence-electron chi connectivity index (χ3n) is 4.29. The lowest BCUT2D eigenvalue weighted by Crippen LogP contribution is -2.48. The summed E-state index contributed by atoms with van der Waals surface area (Å²) in [6.45, 7) is 5.71. The highest BCUT2D eigenvalue weighted by atomic mass is 19.1. The number of benzene rings is 1. The molecule has 0 aliphatic carbocycles. The Hall–Kier alpha value is -1.00. The molecule has 1 aliphatic heterocycles. The molecule has 0 aromatic heterocycles. The van der Waals surface area contributed by atoms with Crippen molar-refractivity contribution >= 4 is 0 Å². The molecule has 2 nitrogen and oxygen atoms in total. The van der Waals surface area contributed by atoms with E-state index in [0.717, 1.165) is 32.0 Å². The molecule has 1 heterocycles. The summed E-state index contributed by atoms with van der Waals surface area (Å²) in [6, 6.07) is 3.26. The first-order valence-electron chi connectivity index (χ1n) is 7.30.